The van der Waals surface area contributed by atoms with Gasteiger partial charge in [-0.1, -0.05) is 18.2 Å². The number of hydrogen-bond acceptors (Lipinski definition) is 7. The molecule has 118 valence electrons. The molecular weight excluding hydrogens is 314 g/mol. The quantitative estimate of drug-likeness (QED) is 0.679. The summed E-state index contributed by atoms with van der Waals surface area (Å²) in [6.45, 7) is 5.33. The van der Waals surface area contributed by atoms with E-state index < -0.39 is 12.1 Å². The molecule has 0 bridgehead atoms. The standard InChI is InChI=1S/C16H15N3O3S/c1-9-13(23-11(3)17-9)16(20)21-10(2)14-18-19-15(22-14)12-7-5-4-6-8-12/h4-8,10H,1-3H3. The van der Waals surface area contributed by atoms with E-state index in [2.05, 4.69) is 15.2 Å². The molecule has 0 aliphatic carbocycles. The Labute approximate surface area is 137 Å². The number of carbonyl (C=O) groups excluding carboxylic acids is 1. The molecule has 0 N–H and O–H groups in total. The van der Waals surface area contributed by atoms with Gasteiger partial charge in [0.15, 0.2) is 6.10 Å². The van der Waals surface area contributed by atoms with Crippen molar-refractivity contribution in [2.75, 3.05) is 0 Å². The fourth-order valence-corrected chi connectivity index (χ4v) is 2.88. The second-order valence-corrected chi connectivity index (χ2v) is 6.21. The van der Waals surface area contributed by atoms with E-state index in [1.54, 1.807) is 13.8 Å². The molecule has 1 aromatic carbocycles. The Kier molecular flexibility index (Phi) is 4.20. The van der Waals surface area contributed by atoms with Gasteiger partial charge in [0, 0.05) is 5.56 Å². The minimum absolute atomic E-state index is 0.260. The first kappa shape index (κ1) is 15.4. The summed E-state index contributed by atoms with van der Waals surface area (Å²) in [4.78, 5) is 16.9. The molecule has 1 unspecified atom stereocenters. The van der Waals surface area contributed by atoms with Crippen LogP contribution in [0.1, 0.15) is 39.3 Å². The van der Waals surface area contributed by atoms with E-state index >= 15 is 0 Å². The number of rotatable bonds is 4. The molecule has 0 radical (unpaired) electrons. The van der Waals surface area contributed by atoms with E-state index in [-0.39, 0.29) is 5.89 Å². The molecule has 0 fully saturated rings. The normalized spacial score (nSPS) is 12.1. The zero-order valence-corrected chi connectivity index (χ0v) is 13.8. The first-order chi connectivity index (χ1) is 11.0. The molecule has 0 saturated heterocycles. The van der Waals surface area contributed by atoms with Gasteiger partial charge in [-0.05, 0) is 32.9 Å². The number of hydrogen-bond donors (Lipinski definition) is 0. The SMILES string of the molecule is Cc1nc(C)c(C(=O)OC(C)c2nnc(-c3ccccc3)o2)s1. The third-order valence-corrected chi connectivity index (χ3v) is 4.23. The Bertz CT molecular complexity index is 826. The third kappa shape index (κ3) is 3.29. The van der Waals surface area contributed by atoms with Gasteiger partial charge in [-0.25, -0.2) is 9.78 Å². The largest absolute Gasteiger partial charge is 0.448 e. The van der Waals surface area contributed by atoms with Crippen LogP contribution in [0.5, 0.6) is 0 Å². The number of aryl methyl sites for hydroxylation is 2. The van der Waals surface area contributed by atoms with Crippen LogP contribution in [-0.4, -0.2) is 21.2 Å². The lowest BCUT2D eigenvalue weighted by atomic mass is 10.2. The van der Waals surface area contributed by atoms with Crippen LogP contribution >= 0.6 is 11.3 Å². The molecule has 3 aromatic rings. The lowest BCUT2D eigenvalue weighted by molar-refractivity contribution is 0.0284. The molecule has 3 rings (SSSR count). The van der Waals surface area contributed by atoms with E-state index in [0.29, 0.717) is 16.5 Å². The zero-order chi connectivity index (χ0) is 16.4. The maximum atomic E-state index is 12.2. The Morgan fingerprint density at radius 1 is 1.22 bits per heavy atom. The summed E-state index contributed by atoms with van der Waals surface area (Å²) in [5.74, 6) is 0.226. The maximum absolute atomic E-state index is 12.2. The van der Waals surface area contributed by atoms with Gasteiger partial charge in [0.1, 0.15) is 4.88 Å². The monoisotopic (exact) mass is 329 g/mol. The van der Waals surface area contributed by atoms with E-state index in [1.165, 1.54) is 11.3 Å². The smallest absolute Gasteiger partial charge is 0.351 e. The summed E-state index contributed by atoms with van der Waals surface area (Å²) in [7, 11) is 0. The Morgan fingerprint density at radius 2 is 1.96 bits per heavy atom. The van der Waals surface area contributed by atoms with Crippen molar-refractivity contribution in [2.24, 2.45) is 0 Å². The summed E-state index contributed by atoms with van der Waals surface area (Å²) in [5, 5.41) is 8.78. The van der Waals surface area contributed by atoms with E-state index in [4.69, 9.17) is 9.15 Å². The number of benzene rings is 1. The first-order valence-electron chi connectivity index (χ1n) is 7.08. The van der Waals surface area contributed by atoms with Crippen LogP contribution < -0.4 is 0 Å². The van der Waals surface area contributed by atoms with E-state index in [1.807, 2.05) is 37.3 Å². The second-order valence-electron chi connectivity index (χ2n) is 5.01. The molecular formula is C16H15N3O3S. The van der Waals surface area contributed by atoms with Crippen LogP contribution in [0.2, 0.25) is 0 Å². The van der Waals surface area contributed by atoms with Crippen LogP contribution in [0.3, 0.4) is 0 Å². The van der Waals surface area contributed by atoms with E-state index in [9.17, 15) is 4.79 Å². The highest BCUT2D eigenvalue weighted by atomic mass is 32.1. The third-order valence-electron chi connectivity index (χ3n) is 3.18. The van der Waals surface area contributed by atoms with Gasteiger partial charge in [-0.2, -0.15) is 0 Å². The number of nitrogens with zero attached hydrogens (tertiary/aromatic N) is 3. The number of thiazole rings is 1. The molecule has 2 aromatic heterocycles. The van der Waals surface area contributed by atoms with Crippen molar-refractivity contribution in [3.63, 3.8) is 0 Å². The van der Waals surface area contributed by atoms with Crippen LogP contribution in [-0.2, 0) is 4.74 Å². The van der Waals surface area contributed by atoms with Gasteiger partial charge in [-0.15, -0.1) is 21.5 Å². The van der Waals surface area contributed by atoms with Crippen molar-refractivity contribution in [2.45, 2.75) is 26.9 Å². The lowest BCUT2D eigenvalue weighted by Gasteiger charge is -2.08. The topological polar surface area (TPSA) is 78.1 Å². The Morgan fingerprint density at radius 3 is 2.61 bits per heavy atom. The highest BCUT2D eigenvalue weighted by Gasteiger charge is 2.22. The molecule has 7 heteroatoms. The van der Waals surface area contributed by atoms with Gasteiger partial charge in [0.25, 0.3) is 5.89 Å². The summed E-state index contributed by atoms with van der Waals surface area (Å²) >= 11 is 1.31. The minimum atomic E-state index is -0.630. The van der Waals surface area contributed by atoms with Crippen LogP contribution in [0.25, 0.3) is 11.5 Å². The van der Waals surface area contributed by atoms with Crippen molar-refractivity contribution < 1.29 is 13.9 Å². The lowest BCUT2D eigenvalue weighted by Crippen LogP contribution is -2.09. The summed E-state index contributed by atoms with van der Waals surface area (Å²) in [5.41, 5.74) is 1.49. The predicted octanol–water partition coefficient (Wildman–Crippen LogP) is 3.73. The van der Waals surface area contributed by atoms with Crippen LogP contribution in [0.15, 0.2) is 34.7 Å². The summed E-state index contributed by atoms with van der Waals surface area (Å²) in [6, 6.07) is 9.43. The molecule has 0 spiro atoms. The van der Waals surface area contributed by atoms with Crippen LogP contribution in [0.4, 0.5) is 0 Å². The van der Waals surface area contributed by atoms with Gasteiger partial charge < -0.3 is 9.15 Å². The van der Waals surface area contributed by atoms with Crippen molar-refractivity contribution in [1.29, 1.82) is 0 Å². The second kappa shape index (κ2) is 6.29. The molecule has 2 heterocycles. The number of esters is 1. The maximum Gasteiger partial charge on any atom is 0.351 e. The average molecular weight is 329 g/mol. The highest BCUT2D eigenvalue weighted by molar-refractivity contribution is 7.13. The van der Waals surface area contributed by atoms with Gasteiger partial charge >= 0.3 is 5.97 Å². The van der Waals surface area contributed by atoms with Gasteiger partial charge in [0.2, 0.25) is 5.89 Å². The van der Waals surface area contributed by atoms with Crippen molar-refractivity contribution in [1.82, 2.24) is 15.2 Å². The Hall–Kier alpha value is -2.54. The number of aromatic nitrogens is 3. The molecule has 1 atom stereocenters. The minimum Gasteiger partial charge on any atom is -0.448 e. The molecule has 0 saturated carbocycles. The molecule has 0 aliphatic rings. The molecule has 0 amide bonds. The van der Waals surface area contributed by atoms with Gasteiger partial charge in [-0.3, -0.25) is 0 Å². The molecule has 6 nitrogen and oxygen atoms in total. The zero-order valence-electron chi connectivity index (χ0n) is 12.9. The average Bonchev–Trinajstić information content (AvgIpc) is 3.15. The van der Waals surface area contributed by atoms with Gasteiger partial charge in [0.05, 0.1) is 10.7 Å². The van der Waals surface area contributed by atoms with Crippen molar-refractivity contribution in [3.8, 4) is 11.5 Å². The fourth-order valence-electron chi connectivity index (χ4n) is 2.08. The molecule has 23 heavy (non-hydrogen) atoms. The highest BCUT2D eigenvalue weighted by Crippen LogP contribution is 2.25. The number of ether oxygens (including phenoxy) is 1. The van der Waals surface area contributed by atoms with Crippen molar-refractivity contribution >= 4 is 17.3 Å². The Balaban J connectivity index is 1.74. The number of carbonyl (C=O) groups is 1. The van der Waals surface area contributed by atoms with E-state index in [0.717, 1.165) is 10.6 Å². The summed E-state index contributed by atoms with van der Waals surface area (Å²) in [6.07, 6.45) is -0.630. The van der Waals surface area contributed by atoms with Crippen LogP contribution in [0, 0.1) is 13.8 Å². The molecule has 0 aliphatic heterocycles. The first-order valence-corrected chi connectivity index (χ1v) is 7.90. The summed E-state index contributed by atoms with van der Waals surface area (Å²) < 4.78 is 11.0. The fraction of sp³-hybridized carbons (Fsp3) is 0.250. The predicted molar refractivity (Wildman–Crippen MR) is 85.2 cm³/mol. The van der Waals surface area contributed by atoms with Crippen molar-refractivity contribution in [3.05, 3.63) is 51.8 Å².